The molecule has 0 radical (unpaired) electrons. The molecule has 3 saturated carbocycles. The van der Waals surface area contributed by atoms with Gasteiger partial charge in [-0.2, -0.15) is 0 Å². The van der Waals surface area contributed by atoms with Crippen LogP contribution in [0.5, 0.6) is 0 Å². The summed E-state index contributed by atoms with van der Waals surface area (Å²) < 4.78 is 0. The Kier molecular flexibility index (Phi) is 12.5. The van der Waals surface area contributed by atoms with Gasteiger partial charge < -0.3 is 10.2 Å². The Hall–Kier alpha value is -2.42. The summed E-state index contributed by atoms with van der Waals surface area (Å²) in [6, 6.07) is -1.74. The fourth-order valence-electron chi connectivity index (χ4n) is 11.4. The molecule has 2 aliphatic heterocycles. The number of hydrogen-bond acceptors (Lipinski definition) is 7. The quantitative estimate of drug-likeness (QED) is 0.162. The van der Waals surface area contributed by atoms with Crippen LogP contribution in [0.4, 0.5) is 0 Å². The van der Waals surface area contributed by atoms with Crippen LogP contribution in [0, 0.1) is 44.8 Å². The number of piperidine rings is 1. The Labute approximate surface area is 326 Å². The van der Waals surface area contributed by atoms with E-state index in [2.05, 4.69) is 31.0 Å². The topological polar surface area (TPSA) is 121 Å². The minimum absolute atomic E-state index is 0.0335. The molecule has 0 aromatic rings. The Morgan fingerprint density at radius 1 is 0.796 bits per heavy atom. The van der Waals surface area contributed by atoms with Gasteiger partial charge in [-0.15, -0.1) is 0 Å². The van der Waals surface area contributed by atoms with Crippen LogP contribution in [0.25, 0.3) is 0 Å². The van der Waals surface area contributed by atoms with Crippen LogP contribution in [-0.4, -0.2) is 82.5 Å². The molecule has 5 fully saturated rings. The molecule has 2 spiro atoms. The first-order valence-corrected chi connectivity index (χ1v) is 21.6. The average molecular weight is 752 g/mol. The summed E-state index contributed by atoms with van der Waals surface area (Å²) in [6.45, 7) is 22.5. The van der Waals surface area contributed by atoms with E-state index >= 15 is 4.79 Å². The first-order chi connectivity index (χ1) is 25.2. The molecule has 3 aliphatic carbocycles. The molecule has 54 heavy (non-hydrogen) atoms. The van der Waals surface area contributed by atoms with Crippen LogP contribution in [0.3, 0.4) is 0 Å². The third-order valence-corrected chi connectivity index (χ3v) is 15.4. The number of nitrogens with zero attached hydrogens (tertiary/aromatic N) is 2. The van der Waals surface area contributed by atoms with Gasteiger partial charge in [-0.1, -0.05) is 94.9 Å². The van der Waals surface area contributed by atoms with Gasteiger partial charge in [0.05, 0.1) is 18.1 Å². The molecular weight excluding hydrogens is 679 g/mol. The molecule has 5 rings (SSSR count). The number of likely N-dealkylation sites (N-methyl/N-ethyl adjacent to an activating group) is 1. The maximum Gasteiger partial charge on any atom is 0.237 e. The van der Waals surface area contributed by atoms with E-state index in [1.807, 2.05) is 48.5 Å². The molecule has 9 nitrogen and oxygen atoms in total. The van der Waals surface area contributed by atoms with Crippen molar-refractivity contribution in [2.75, 3.05) is 19.6 Å². The first-order valence-electron chi connectivity index (χ1n) is 21.6. The van der Waals surface area contributed by atoms with Crippen LogP contribution in [0.2, 0.25) is 0 Å². The van der Waals surface area contributed by atoms with Crippen molar-refractivity contribution in [1.82, 2.24) is 15.1 Å². The molecule has 0 bridgehead atoms. The van der Waals surface area contributed by atoms with E-state index in [-0.39, 0.29) is 76.6 Å². The third-order valence-electron chi connectivity index (χ3n) is 15.4. The summed E-state index contributed by atoms with van der Waals surface area (Å²) in [5.41, 5.74) is -1.33. The number of rotatable bonds is 16. The number of hydrogen-bond donors (Lipinski definition) is 1. The van der Waals surface area contributed by atoms with Crippen molar-refractivity contribution in [3.05, 3.63) is 0 Å². The predicted octanol–water partition coefficient (Wildman–Crippen LogP) is 7.51. The van der Waals surface area contributed by atoms with Gasteiger partial charge in [0.1, 0.15) is 0 Å². The normalized spacial score (nSPS) is 28.1. The molecule has 304 valence electrons. The number of carbonyl (C=O) groups excluding carboxylic acids is 6. The summed E-state index contributed by atoms with van der Waals surface area (Å²) in [4.78, 5) is 88.6. The average Bonchev–Trinajstić information content (AvgIpc) is 3.27. The highest BCUT2D eigenvalue weighted by Gasteiger charge is 2.85. The zero-order chi connectivity index (χ0) is 40.0. The SMILES string of the molecule is CCC[C@H](CC(=O)[C@@H]1C[C@@]2(CN1C(=O)[C@@H](CC(=O)[C@@H](NC(=O)[C@H]1CCCCN1CC)C(C)(C)C)C(C)(C)C)C(C)(C)C21CCC1)C(=O)C(=O)CC1CCC1. The Balaban J connectivity index is 1.40. The molecule has 0 aromatic carbocycles. The zero-order valence-corrected chi connectivity index (χ0v) is 35.5. The first kappa shape index (κ1) is 42.7. The predicted molar refractivity (Wildman–Crippen MR) is 211 cm³/mol. The number of likely N-dealkylation sites (tertiary alicyclic amines) is 2. The smallest absolute Gasteiger partial charge is 0.237 e. The third kappa shape index (κ3) is 7.79. The minimum Gasteiger partial charge on any atom is -0.344 e. The molecule has 9 heteroatoms. The summed E-state index contributed by atoms with van der Waals surface area (Å²) >= 11 is 0. The molecule has 2 saturated heterocycles. The number of carbonyl (C=O) groups is 6. The number of fused-ring (bicyclic) bond motifs is 1. The van der Waals surface area contributed by atoms with E-state index in [1.165, 1.54) is 0 Å². The second-order valence-electron chi connectivity index (χ2n) is 20.8. The molecule has 2 heterocycles. The van der Waals surface area contributed by atoms with E-state index in [4.69, 9.17) is 0 Å². The molecule has 1 N–H and O–H groups in total. The van der Waals surface area contributed by atoms with Crippen molar-refractivity contribution < 1.29 is 28.8 Å². The lowest BCUT2D eigenvalue weighted by Gasteiger charge is -2.39. The number of nitrogens with one attached hydrogen (secondary N) is 1. The number of amides is 2. The molecule has 5 aliphatic rings. The van der Waals surface area contributed by atoms with Crippen molar-refractivity contribution >= 4 is 34.9 Å². The molecule has 0 aromatic heterocycles. The van der Waals surface area contributed by atoms with Gasteiger partial charge in [0, 0.05) is 43.1 Å². The van der Waals surface area contributed by atoms with Gasteiger partial charge >= 0.3 is 0 Å². The summed E-state index contributed by atoms with van der Waals surface area (Å²) in [5, 5.41) is 3.15. The van der Waals surface area contributed by atoms with Crippen molar-refractivity contribution in [3.63, 3.8) is 0 Å². The minimum atomic E-state index is -0.774. The highest BCUT2D eigenvalue weighted by atomic mass is 16.2. The van der Waals surface area contributed by atoms with Gasteiger partial charge in [0.15, 0.2) is 17.3 Å². The van der Waals surface area contributed by atoms with Crippen LogP contribution >= 0.6 is 0 Å². The Bertz CT molecular complexity index is 1460. The van der Waals surface area contributed by atoms with Crippen molar-refractivity contribution in [2.45, 2.75) is 184 Å². The van der Waals surface area contributed by atoms with E-state index < -0.39 is 40.5 Å². The van der Waals surface area contributed by atoms with Crippen molar-refractivity contribution in [1.29, 1.82) is 0 Å². The van der Waals surface area contributed by atoms with E-state index in [9.17, 15) is 24.0 Å². The van der Waals surface area contributed by atoms with Crippen LogP contribution < -0.4 is 5.32 Å². The highest BCUT2D eigenvalue weighted by Crippen LogP contribution is 2.88. The van der Waals surface area contributed by atoms with E-state index in [0.717, 1.165) is 70.9 Å². The lowest BCUT2D eigenvalue weighted by atomic mass is 9.73. The van der Waals surface area contributed by atoms with Crippen LogP contribution in [0.1, 0.15) is 166 Å². The van der Waals surface area contributed by atoms with Crippen molar-refractivity contribution in [2.24, 2.45) is 44.8 Å². The zero-order valence-electron chi connectivity index (χ0n) is 35.5. The second-order valence-corrected chi connectivity index (χ2v) is 20.8. The highest BCUT2D eigenvalue weighted by molar-refractivity contribution is 6.38. The Morgan fingerprint density at radius 3 is 1.96 bits per heavy atom. The lowest BCUT2D eigenvalue weighted by molar-refractivity contribution is -0.147. The maximum atomic E-state index is 15.1. The van der Waals surface area contributed by atoms with Gasteiger partial charge in [-0.3, -0.25) is 33.7 Å². The molecule has 2 amide bonds. The van der Waals surface area contributed by atoms with Gasteiger partial charge in [0.25, 0.3) is 0 Å². The monoisotopic (exact) mass is 752 g/mol. The van der Waals surface area contributed by atoms with E-state index in [0.29, 0.717) is 25.8 Å². The summed E-state index contributed by atoms with van der Waals surface area (Å²) in [7, 11) is 0. The number of Topliss-reactive ketones (excluding diaryl/α,β-unsaturated/α-hetero) is 4. The Morgan fingerprint density at radius 2 is 1.46 bits per heavy atom. The van der Waals surface area contributed by atoms with Crippen LogP contribution in [0.15, 0.2) is 0 Å². The largest absolute Gasteiger partial charge is 0.344 e. The molecular formula is C45H73N3O6. The molecule has 6 atom stereocenters. The van der Waals surface area contributed by atoms with E-state index in [1.54, 1.807) is 4.90 Å². The summed E-state index contributed by atoms with van der Waals surface area (Å²) in [6.07, 6.45) is 11.1. The molecule has 0 unspecified atom stereocenters. The lowest BCUT2D eigenvalue weighted by Crippen LogP contribution is -2.57. The summed E-state index contributed by atoms with van der Waals surface area (Å²) in [5.74, 6) is -2.49. The second kappa shape index (κ2) is 15.8. The number of ketones is 4. The van der Waals surface area contributed by atoms with Gasteiger partial charge in [-0.25, -0.2) is 0 Å². The fourth-order valence-corrected chi connectivity index (χ4v) is 11.4. The van der Waals surface area contributed by atoms with Gasteiger partial charge in [-0.05, 0) is 92.0 Å². The van der Waals surface area contributed by atoms with Crippen molar-refractivity contribution in [3.8, 4) is 0 Å². The maximum absolute atomic E-state index is 15.1. The standard InChI is InChI=1S/C45H73N3O6/c1-11-17-30(37(52)35(50)24-29-18-15-19-29)25-34(49)33-27-45(43(9,10)44(45)21-16-22-44)28-48(33)40(54)31(41(3,4)5)26-36(51)38(42(6,7)8)46-39(53)32-20-13-14-23-47(32)12-2/h29-33,38H,11-28H2,1-10H3,(H,46,53)/t30-,31-,32-,33+,38-,45-/m1/s1. The van der Waals surface area contributed by atoms with Crippen LogP contribution in [-0.2, 0) is 28.8 Å². The fraction of sp³-hybridized carbons (Fsp3) is 0.867. The van der Waals surface area contributed by atoms with Gasteiger partial charge in [0.2, 0.25) is 17.6 Å².